The van der Waals surface area contributed by atoms with Gasteiger partial charge < -0.3 is 19.5 Å². The summed E-state index contributed by atoms with van der Waals surface area (Å²) in [5.41, 5.74) is -0.256. The number of imidazole rings is 1. The maximum absolute atomic E-state index is 12.9. The van der Waals surface area contributed by atoms with Gasteiger partial charge in [-0.05, 0) is 25.7 Å². The molecular weight excluding hydrogens is 332 g/mol. The molecule has 3 atom stereocenters. The van der Waals surface area contributed by atoms with E-state index in [1.165, 1.54) is 0 Å². The van der Waals surface area contributed by atoms with Crippen molar-refractivity contribution in [3.8, 4) is 0 Å². The fraction of sp³-hybridized carbons (Fsp3) is 0.737. The molecule has 2 fully saturated rings. The molecule has 1 aliphatic heterocycles. The van der Waals surface area contributed by atoms with Gasteiger partial charge in [-0.1, -0.05) is 6.92 Å². The van der Waals surface area contributed by atoms with Gasteiger partial charge in [0.05, 0.1) is 11.6 Å². The summed E-state index contributed by atoms with van der Waals surface area (Å²) in [7, 11) is 1.75. The summed E-state index contributed by atoms with van der Waals surface area (Å²) in [5, 5.41) is 3.02. The van der Waals surface area contributed by atoms with E-state index in [0.29, 0.717) is 13.0 Å². The van der Waals surface area contributed by atoms with Crippen LogP contribution in [0.25, 0.3) is 0 Å². The van der Waals surface area contributed by atoms with Crippen molar-refractivity contribution < 1.29 is 14.3 Å². The van der Waals surface area contributed by atoms with Gasteiger partial charge in [0.1, 0.15) is 5.82 Å². The molecule has 1 aromatic heterocycles. The lowest BCUT2D eigenvalue weighted by Crippen LogP contribution is -2.55. The summed E-state index contributed by atoms with van der Waals surface area (Å²) in [5.74, 6) is 1.16. The molecule has 0 unspecified atom stereocenters. The second-order valence-corrected chi connectivity index (χ2v) is 7.43. The van der Waals surface area contributed by atoms with Gasteiger partial charge in [-0.25, -0.2) is 4.98 Å². The first kappa shape index (κ1) is 18.9. The molecule has 1 saturated carbocycles. The van der Waals surface area contributed by atoms with Crippen LogP contribution in [0.2, 0.25) is 0 Å². The highest BCUT2D eigenvalue weighted by Crippen LogP contribution is 2.42. The molecule has 2 amide bonds. The number of fused-ring (bicyclic) bond motifs is 1. The number of ether oxygens (including phenoxy) is 1. The fourth-order valence-corrected chi connectivity index (χ4v) is 4.63. The van der Waals surface area contributed by atoms with Crippen molar-refractivity contribution in [2.45, 2.75) is 76.6 Å². The van der Waals surface area contributed by atoms with E-state index in [-0.39, 0.29) is 29.5 Å². The van der Waals surface area contributed by atoms with Crippen molar-refractivity contribution in [1.82, 2.24) is 19.8 Å². The summed E-state index contributed by atoms with van der Waals surface area (Å²) in [6.07, 6.45) is 8.47. The molecule has 0 spiro atoms. The maximum atomic E-state index is 12.9. The van der Waals surface area contributed by atoms with Crippen molar-refractivity contribution >= 4 is 11.8 Å². The Morgan fingerprint density at radius 1 is 1.42 bits per heavy atom. The molecule has 7 nitrogen and oxygen atoms in total. The zero-order valence-corrected chi connectivity index (χ0v) is 16.0. The van der Waals surface area contributed by atoms with Gasteiger partial charge in [0.25, 0.3) is 0 Å². The third-order valence-corrected chi connectivity index (χ3v) is 6.00. The number of carbonyl (C=O) groups is 2. The highest BCUT2D eigenvalue weighted by Gasteiger charge is 2.52. The van der Waals surface area contributed by atoms with E-state index in [1.54, 1.807) is 20.2 Å². The van der Waals surface area contributed by atoms with Crippen LogP contribution in [0.3, 0.4) is 0 Å². The molecule has 26 heavy (non-hydrogen) atoms. The Morgan fingerprint density at radius 3 is 2.92 bits per heavy atom. The third kappa shape index (κ3) is 3.63. The SMILES string of the molecule is CCc1nccn1CCC(=O)N1CC[C@]2(OC)CC[C@@H](NC(C)=O)C[C@H]12. The minimum Gasteiger partial charge on any atom is -0.376 e. The number of amides is 2. The molecule has 1 aliphatic carbocycles. The average Bonchev–Trinajstić information content (AvgIpc) is 3.23. The van der Waals surface area contributed by atoms with Crippen LogP contribution in [0, 0.1) is 0 Å². The number of carbonyl (C=O) groups excluding carboxylic acids is 2. The van der Waals surface area contributed by atoms with Gasteiger partial charge >= 0.3 is 0 Å². The van der Waals surface area contributed by atoms with Crippen LogP contribution in [0.15, 0.2) is 12.4 Å². The quantitative estimate of drug-likeness (QED) is 0.832. The van der Waals surface area contributed by atoms with E-state index < -0.39 is 0 Å². The van der Waals surface area contributed by atoms with Gasteiger partial charge in [-0.15, -0.1) is 0 Å². The summed E-state index contributed by atoms with van der Waals surface area (Å²) >= 11 is 0. The number of nitrogens with zero attached hydrogens (tertiary/aromatic N) is 3. The molecule has 1 N–H and O–H groups in total. The molecule has 144 valence electrons. The largest absolute Gasteiger partial charge is 0.376 e. The number of methoxy groups -OCH3 is 1. The predicted octanol–water partition coefficient (Wildman–Crippen LogP) is 1.51. The number of aromatic nitrogens is 2. The highest BCUT2D eigenvalue weighted by molar-refractivity contribution is 5.77. The topological polar surface area (TPSA) is 76.5 Å². The van der Waals surface area contributed by atoms with Gasteiger partial charge in [-0.3, -0.25) is 9.59 Å². The molecule has 2 heterocycles. The Bertz CT molecular complexity index is 659. The third-order valence-electron chi connectivity index (χ3n) is 6.00. The molecule has 1 aromatic rings. The van der Waals surface area contributed by atoms with Gasteiger partial charge in [0, 0.05) is 58.4 Å². The van der Waals surface area contributed by atoms with E-state index in [2.05, 4.69) is 21.8 Å². The fourth-order valence-electron chi connectivity index (χ4n) is 4.63. The Balaban J connectivity index is 1.66. The Hall–Kier alpha value is -1.89. The molecule has 0 aromatic carbocycles. The van der Waals surface area contributed by atoms with E-state index in [4.69, 9.17) is 4.74 Å². The van der Waals surface area contributed by atoms with E-state index >= 15 is 0 Å². The lowest BCUT2D eigenvalue weighted by atomic mass is 9.78. The first-order valence-electron chi connectivity index (χ1n) is 9.61. The zero-order valence-electron chi connectivity index (χ0n) is 16.0. The molecule has 0 bridgehead atoms. The Kier molecular flexibility index (Phi) is 5.65. The van der Waals surface area contributed by atoms with Crippen molar-refractivity contribution in [1.29, 1.82) is 0 Å². The Morgan fingerprint density at radius 2 is 2.23 bits per heavy atom. The molecular formula is C19H30N4O3. The van der Waals surface area contributed by atoms with Crippen molar-refractivity contribution in [3.63, 3.8) is 0 Å². The average molecular weight is 362 g/mol. The van der Waals surface area contributed by atoms with E-state index in [0.717, 1.165) is 44.5 Å². The minimum absolute atomic E-state index is 0.0111. The van der Waals surface area contributed by atoms with Gasteiger partial charge in [-0.2, -0.15) is 0 Å². The van der Waals surface area contributed by atoms with Crippen molar-refractivity contribution in [2.24, 2.45) is 0 Å². The standard InChI is InChI=1S/C19H30N4O3/c1-4-17-20-9-12-22(17)10-6-18(25)23-11-8-19(26-3)7-5-15(13-16(19)23)21-14(2)24/h9,12,15-16H,4-8,10-11,13H2,1-3H3,(H,21,24)/t15-,16+,19-/m1/s1. The predicted molar refractivity (Wildman–Crippen MR) is 97.5 cm³/mol. The number of hydrogen-bond donors (Lipinski definition) is 1. The van der Waals surface area contributed by atoms with Crippen LogP contribution in [0.1, 0.15) is 51.8 Å². The second-order valence-electron chi connectivity index (χ2n) is 7.43. The van der Waals surface area contributed by atoms with Gasteiger partial charge in [0.2, 0.25) is 11.8 Å². The second kappa shape index (κ2) is 7.78. The number of nitrogens with one attached hydrogen (secondary N) is 1. The number of likely N-dealkylation sites (tertiary alicyclic amines) is 1. The number of hydrogen-bond acceptors (Lipinski definition) is 4. The maximum Gasteiger partial charge on any atom is 0.224 e. The summed E-state index contributed by atoms with van der Waals surface area (Å²) in [6, 6.07) is 0.161. The van der Waals surface area contributed by atoms with Crippen molar-refractivity contribution in [3.05, 3.63) is 18.2 Å². The lowest BCUT2D eigenvalue weighted by molar-refractivity contribution is -0.138. The molecule has 3 rings (SSSR count). The number of aryl methyl sites for hydroxylation is 2. The van der Waals surface area contributed by atoms with Crippen LogP contribution in [0.5, 0.6) is 0 Å². The molecule has 1 saturated heterocycles. The minimum atomic E-state index is -0.256. The van der Waals surface area contributed by atoms with Crippen LogP contribution in [0.4, 0.5) is 0 Å². The summed E-state index contributed by atoms with van der Waals surface area (Å²) in [6.45, 7) is 5.00. The molecule has 2 aliphatic rings. The van der Waals surface area contributed by atoms with E-state index in [9.17, 15) is 9.59 Å². The van der Waals surface area contributed by atoms with E-state index in [1.807, 2.05) is 11.1 Å². The molecule has 0 radical (unpaired) electrons. The zero-order chi connectivity index (χ0) is 18.7. The first-order valence-corrected chi connectivity index (χ1v) is 9.61. The monoisotopic (exact) mass is 362 g/mol. The van der Waals surface area contributed by atoms with Crippen LogP contribution in [-0.2, 0) is 27.3 Å². The summed E-state index contributed by atoms with van der Waals surface area (Å²) < 4.78 is 7.96. The highest BCUT2D eigenvalue weighted by atomic mass is 16.5. The lowest BCUT2D eigenvalue weighted by Gasteiger charge is -2.43. The van der Waals surface area contributed by atoms with Gasteiger partial charge in [0.15, 0.2) is 0 Å². The number of rotatable bonds is 6. The smallest absolute Gasteiger partial charge is 0.224 e. The van der Waals surface area contributed by atoms with Crippen LogP contribution < -0.4 is 5.32 Å². The van der Waals surface area contributed by atoms with Crippen LogP contribution in [-0.4, -0.2) is 57.6 Å². The molecule has 7 heteroatoms. The van der Waals surface area contributed by atoms with Crippen molar-refractivity contribution in [2.75, 3.05) is 13.7 Å². The van der Waals surface area contributed by atoms with Crippen LogP contribution >= 0.6 is 0 Å². The summed E-state index contributed by atoms with van der Waals surface area (Å²) in [4.78, 5) is 30.7. The Labute approximate surface area is 155 Å². The first-order chi connectivity index (χ1) is 12.5. The normalized spacial score (nSPS) is 28.0.